The highest BCUT2D eigenvalue weighted by Gasteiger charge is 2.12. The second-order valence-electron chi connectivity index (χ2n) is 10.1. The average Bonchev–Trinajstić information content (AvgIpc) is 3.29. The molecule has 1 aliphatic heterocycles. The topological polar surface area (TPSA) is 24.9 Å². The molecule has 2 fully saturated rings. The van der Waals surface area contributed by atoms with Crippen LogP contribution in [-0.2, 0) is 0 Å². The highest BCUT2D eigenvalue weighted by molar-refractivity contribution is 7.13. The second-order valence-corrected chi connectivity index (χ2v) is 11.3. The lowest BCUT2D eigenvalue weighted by Gasteiger charge is -2.15. The molecule has 1 aromatic carbocycles. The summed E-state index contributed by atoms with van der Waals surface area (Å²) in [6.07, 6.45) is 15.7. The van der Waals surface area contributed by atoms with E-state index in [9.17, 15) is 0 Å². The number of aryl methyl sites for hydroxylation is 2. The molecule has 1 aromatic heterocycles. The molecule has 1 saturated heterocycles. The van der Waals surface area contributed by atoms with E-state index >= 15 is 0 Å². The molecule has 2 nitrogen and oxygen atoms in total. The van der Waals surface area contributed by atoms with Gasteiger partial charge in [-0.05, 0) is 78.1 Å². The predicted octanol–water partition coefficient (Wildman–Crippen LogP) is 11.0. The number of thiazole rings is 1. The first-order chi connectivity index (χ1) is 17.7. The number of hydrogen-bond acceptors (Lipinski definition) is 3. The summed E-state index contributed by atoms with van der Waals surface area (Å²) in [7, 11) is 0. The fourth-order valence-corrected chi connectivity index (χ4v) is 4.91. The minimum Gasteiger partial charge on any atom is -0.317 e. The van der Waals surface area contributed by atoms with Gasteiger partial charge in [0, 0.05) is 5.56 Å². The van der Waals surface area contributed by atoms with Gasteiger partial charge in [-0.2, -0.15) is 0 Å². The van der Waals surface area contributed by atoms with E-state index in [1.807, 2.05) is 53.7 Å². The molecule has 208 valence electrons. The smallest absolute Gasteiger partial charge is 0.0908 e. The SMILES string of the molecule is C1CCNCC1.C=C(/C=C\C)c1sc(C)nc1-c1cccc(C)c1.C=C(C)C.CC.CC1CCCCC1. The van der Waals surface area contributed by atoms with Gasteiger partial charge in [-0.25, -0.2) is 4.98 Å². The van der Waals surface area contributed by atoms with Crippen LogP contribution in [0.1, 0.15) is 108 Å². The van der Waals surface area contributed by atoms with Crippen molar-refractivity contribution in [2.45, 2.75) is 107 Å². The standard InChI is InChI=1S/C16H17NS.C7H14.C5H11N.C4H8.C2H6/c1-5-7-12(3)16-15(17-13(4)18-16)14-9-6-8-11(2)10-14;1-7-5-3-2-4-6-7;1-2-4-6-5-3-1;1-4(2)3;1-2/h5-10H,3H2,1-2,4H3;7H,2-6H2,1H3;6H,1-5H2;1H2,2-3H3;1-2H3/b7-5-;;;;. The zero-order chi connectivity index (χ0) is 28.1. The Kier molecular flexibility index (Phi) is 20.9. The summed E-state index contributed by atoms with van der Waals surface area (Å²) in [5.74, 6) is 1.04. The third-order valence-electron chi connectivity index (χ3n) is 5.79. The van der Waals surface area contributed by atoms with E-state index in [4.69, 9.17) is 0 Å². The molecule has 1 saturated carbocycles. The van der Waals surface area contributed by atoms with Gasteiger partial charge in [0.25, 0.3) is 0 Å². The van der Waals surface area contributed by atoms with Gasteiger partial charge in [-0.3, -0.25) is 0 Å². The summed E-state index contributed by atoms with van der Waals surface area (Å²) < 4.78 is 0. The van der Waals surface area contributed by atoms with Crippen LogP contribution in [0.2, 0.25) is 0 Å². The van der Waals surface area contributed by atoms with Crippen LogP contribution in [0.4, 0.5) is 0 Å². The number of allylic oxidation sites excluding steroid dienone is 4. The van der Waals surface area contributed by atoms with E-state index in [0.29, 0.717) is 0 Å². The predicted molar refractivity (Wildman–Crippen MR) is 172 cm³/mol. The third kappa shape index (κ3) is 17.2. The number of benzene rings is 1. The van der Waals surface area contributed by atoms with Crippen LogP contribution in [-0.4, -0.2) is 18.1 Å². The lowest BCUT2D eigenvalue weighted by atomic mass is 9.91. The highest BCUT2D eigenvalue weighted by atomic mass is 32.1. The fraction of sp³-hybridized carbons (Fsp3) is 0.559. The van der Waals surface area contributed by atoms with Gasteiger partial charge in [0.15, 0.2) is 0 Å². The van der Waals surface area contributed by atoms with Gasteiger partial charge in [-0.15, -0.1) is 17.9 Å². The molecule has 2 heterocycles. The van der Waals surface area contributed by atoms with Crippen molar-refractivity contribution in [1.29, 1.82) is 0 Å². The largest absolute Gasteiger partial charge is 0.317 e. The normalized spacial score (nSPS) is 14.9. The van der Waals surface area contributed by atoms with Crippen molar-refractivity contribution in [3.8, 4) is 11.3 Å². The van der Waals surface area contributed by atoms with Crippen LogP contribution in [0.25, 0.3) is 16.8 Å². The van der Waals surface area contributed by atoms with Crippen molar-refractivity contribution in [2.24, 2.45) is 5.92 Å². The van der Waals surface area contributed by atoms with Gasteiger partial charge in [-0.1, -0.05) is 107 Å². The summed E-state index contributed by atoms with van der Waals surface area (Å²) in [6, 6.07) is 8.44. The van der Waals surface area contributed by atoms with E-state index in [1.165, 1.54) is 81.2 Å². The summed E-state index contributed by atoms with van der Waals surface area (Å²) in [4.78, 5) is 5.81. The van der Waals surface area contributed by atoms with Crippen molar-refractivity contribution >= 4 is 16.9 Å². The molecule has 37 heavy (non-hydrogen) atoms. The molecule has 0 spiro atoms. The van der Waals surface area contributed by atoms with Crippen molar-refractivity contribution in [3.05, 3.63) is 70.6 Å². The number of hydrogen-bond donors (Lipinski definition) is 1. The van der Waals surface area contributed by atoms with Crippen LogP contribution >= 0.6 is 11.3 Å². The summed E-state index contributed by atoms with van der Waals surface area (Å²) in [5, 5.41) is 4.36. The molecule has 2 aliphatic rings. The van der Waals surface area contributed by atoms with E-state index < -0.39 is 0 Å². The van der Waals surface area contributed by atoms with Gasteiger partial charge in [0.1, 0.15) is 0 Å². The Bertz CT molecular complexity index is 881. The Morgan fingerprint density at radius 1 is 0.973 bits per heavy atom. The van der Waals surface area contributed by atoms with E-state index in [2.05, 4.69) is 61.6 Å². The van der Waals surface area contributed by atoms with Gasteiger partial charge >= 0.3 is 0 Å². The van der Waals surface area contributed by atoms with E-state index in [-0.39, 0.29) is 0 Å². The molecule has 0 unspecified atom stereocenters. The zero-order valence-electron chi connectivity index (χ0n) is 25.4. The lowest BCUT2D eigenvalue weighted by Crippen LogP contribution is -2.21. The van der Waals surface area contributed by atoms with Crippen molar-refractivity contribution in [1.82, 2.24) is 10.3 Å². The maximum Gasteiger partial charge on any atom is 0.0908 e. The number of aromatic nitrogens is 1. The molecular formula is C34H56N2S. The summed E-state index contributed by atoms with van der Waals surface area (Å²) in [6.45, 7) is 26.6. The van der Waals surface area contributed by atoms with Crippen molar-refractivity contribution < 1.29 is 0 Å². The Hall–Kier alpha value is -1.97. The first kappa shape index (κ1) is 35.0. The van der Waals surface area contributed by atoms with Crippen LogP contribution in [0.5, 0.6) is 0 Å². The molecule has 0 radical (unpaired) electrons. The second kappa shape index (κ2) is 22.1. The monoisotopic (exact) mass is 524 g/mol. The van der Waals surface area contributed by atoms with Crippen molar-refractivity contribution in [3.63, 3.8) is 0 Å². The molecule has 1 N–H and O–H groups in total. The fourth-order valence-electron chi connectivity index (χ4n) is 4.02. The molecule has 0 atom stereocenters. The number of nitrogens with zero attached hydrogens (tertiary/aromatic N) is 1. The van der Waals surface area contributed by atoms with E-state index in [1.54, 1.807) is 11.3 Å². The molecule has 0 bridgehead atoms. The Morgan fingerprint density at radius 3 is 1.95 bits per heavy atom. The number of nitrogens with one attached hydrogen (secondary N) is 1. The van der Waals surface area contributed by atoms with Gasteiger partial charge in [0.05, 0.1) is 15.6 Å². The molecule has 0 amide bonds. The summed E-state index contributed by atoms with van der Waals surface area (Å²) >= 11 is 1.70. The van der Waals surface area contributed by atoms with Crippen molar-refractivity contribution in [2.75, 3.05) is 13.1 Å². The first-order valence-corrected chi connectivity index (χ1v) is 15.3. The van der Waals surface area contributed by atoms with Crippen LogP contribution < -0.4 is 5.32 Å². The third-order valence-corrected chi connectivity index (χ3v) is 6.83. The van der Waals surface area contributed by atoms with Gasteiger partial charge < -0.3 is 5.32 Å². The van der Waals surface area contributed by atoms with E-state index in [0.717, 1.165) is 27.1 Å². The molecule has 2 aromatic rings. The molecule has 4 rings (SSSR count). The number of rotatable bonds is 3. The zero-order valence-corrected chi connectivity index (χ0v) is 26.2. The maximum atomic E-state index is 4.65. The maximum absolute atomic E-state index is 4.65. The minimum atomic E-state index is 1.03. The summed E-state index contributed by atoms with van der Waals surface area (Å²) in [5.41, 5.74) is 5.66. The van der Waals surface area contributed by atoms with Gasteiger partial charge in [0.2, 0.25) is 0 Å². The van der Waals surface area contributed by atoms with Crippen LogP contribution in [0, 0.1) is 19.8 Å². The highest BCUT2D eigenvalue weighted by Crippen LogP contribution is 2.33. The Balaban J connectivity index is 0.000000557. The number of piperidine rings is 1. The molecule has 1 aliphatic carbocycles. The first-order valence-electron chi connectivity index (χ1n) is 14.4. The molecule has 3 heteroatoms. The minimum absolute atomic E-state index is 1.03. The Labute approximate surface area is 234 Å². The lowest BCUT2D eigenvalue weighted by molar-refractivity contribution is 0.385. The quantitative estimate of drug-likeness (QED) is 0.319. The average molecular weight is 525 g/mol. The Morgan fingerprint density at radius 2 is 1.54 bits per heavy atom. The molecular weight excluding hydrogens is 468 g/mol. The van der Waals surface area contributed by atoms with Crippen LogP contribution in [0.3, 0.4) is 0 Å². The van der Waals surface area contributed by atoms with Crippen LogP contribution in [0.15, 0.2) is 55.1 Å².